The van der Waals surface area contributed by atoms with Gasteiger partial charge in [-0.15, -0.1) is 0 Å². The van der Waals surface area contributed by atoms with Crippen LogP contribution in [-0.2, 0) is 19.1 Å². The van der Waals surface area contributed by atoms with Crippen molar-refractivity contribution in [3.05, 3.63) is 76.7 Å². The molecular formula is C34H42FN5O7. The van der Waals surface area contributed by atoms with Crippen molar-refractivity contribution in [1.29, 1.82) is 0 Å². The summed E-state index contributed by atoms with van der Waals surface area (Å²) in [5.74, 6) is -1.27. The number of piperidine rings is 1. The van der Waals surface area contributed by atoms with E-state index in [1.165, 1.54) is 38.3 Å². The molecule has 0 aromatic heterocycles. The first-order valence-electron chi connectivity index (χ1n) is 15.6. The van der Waals surface area contributed by atoms with Gasteiger partial charge in [0.05, 0.1) is 12.7 Å². The molecule has 13 heteroatoms. The van der Waals surface area contributed by atoms with Crippen LogP contribution in [0.25, 0.3) is 0 Å². The van der Waals surface area contributed by atoms with Crippen molar-refractivity contribution >= 4 is 35.7 Å². The van der Waals surface area contributed by atoms with Crippen LogP contribution in [0.3, 0.4) is 0 Å². The second kappa shape index (κ2) is 15.1. The Hall–Kier alpha value is -4.94. The molecule has 2 aliphatic heterocycles. The molecule has 1 unspecified atom stereocenters. The summed E-state index contributed by atoms with van der Waals surface area (Å²) in [4.78, 5) is 66.5. The number of methoxy groups -OCH3 is 1. The number of rotatable bonds is 8. The summed E-state index contributed by atoms with van der Waals surface area (Å²) in [7, 11) is 1.18. The summed E-state index contributed by atoms with van der Waals surface area (Å²) < 4.78 is 24.0. The molecule has 0 bridgehead atoms. The number of urea groups is 2. The number of benzene rings is 2. The number of hydrogen-bond acceptors (Lipinski definition) is 7. The SMILES string of the molecule is COC(=O)C1=C(C)NC(=O)N(C(=O)NCCCC(=O)Nc2cccc(C3CCN(C(=O)OC(C)(C)C)CC3)c2)C1c1ccc(F)cc1. The van der Waals surface area contributed by atoms with E-state index < -0.39 is 35.5 Å². The first kappa shape index (κ1) is 34.9. The molecule has 0 saturated carbocycles. The van der Waals surface area contributed by atoms with E-state index in [2.05, 4.69) is 16.0 Å². The molecule has 1 saturated heterocycles. The number of anilines is 1. The third-order valence-corrected chi connectivity index (χ3v) is 7.90. The molecule has 2 heterocycles. The highest BCUT2D eigenvalue weighted by molar-refractivity contribution is 6.01. The second-order valence-electron chi connectivity index (χ2n) is 12.5. The lowest BCUT2D eigenvalue weighted by Crippen LogP contribution is -2.54. The van der Waals surface area contributed by atoms with Gasteiger partial charge in [0.2, 0.25) is 5.91 Å². The maximum Gasteiger partial charge on any atom is 0.410 e. The molecule has 0 spiro atoms. The van der Waals surface area contributed by atoms with Gasteiger partial charge in [0.25, 0.3) is 0 Å². The Morgan fingerprint density at radius 1 is 1.02 bits per heavy atom. The number of ether oxygens (including phenoxy) is 2. The number of imide groups is 1. The van der Waals surface area contributed by atoms with Gasteiger partial charge in [-0.1, -0.05) is 24.3 Å². The normalized spacial score (nSPS) is 17.1. The number of hydrogen-bond donors (Lipinski definition) is 3. The smallest absolute Gasteiger partial charge is 0.410 e. The van der Waals surface area contributed by atoms with E-state index in [4.69, 9.17) is 9.47 Å². The molecule has 6 amide bonds. The number of halogens is 1. The molecule has 12 nitrogen and oxygen atoms in total. The van der Waals surface area contributed by atoms with Gasteiger partial charge >= 0.3 is 24.1 Å². The fraction of sp³-hybridized carbons (Fsp3) is 0.441. The number of amides is 6. The number of nitrogens with one attached hydrogen (secondary N) is 3. The van der Waals surface area contributed by atoms with E-state index in [-0.39, 0.29) is 48.6 Å². The lowest BCUT2D eigenvalue weighted by atomic mass is 9.89. The van der Waals surface area contributed by atoms with E-state index >= 15 is 0 Å². The van der Waals surface area contributed by atoms with Gasteiger partial charge < -0.3 is 30.3 Å². The van der Waals surface area contributed by atoms with Gasteiger partial charge in [-0.25, -0.2) is 28.5 Å². The number of carbonyl (C=O) groups excluding carboxylic acids is 5. The Bertz CT molecular complexity index is 1530. The summed E-state index contributed by atoms with van der Waals surface area (Å²) in [5.41, 5.74) is 1.76. The quantitative estimate of drug-likeness (QED) is 0.249. The fourth-order valence-corrected chi connectivity index (χ4v) is 5.63. The zero-order valence-corrected chi connectivity index (χ0v) is 27.4. The Morgan fingerprint density at radius 2 is 1.70 bits per heavy atom. The van der Waals surface area contributed by atoms with E-state index in [1.54, 1.807) is 11.0 Å². The third kappa shape index (κ3) is 9.08. The van der Waals surface area contributed by atoms with Crippen molar-refractivity contribution in [2.45, 2.75) is 70.9 Å². The van der Waals surface area contributed by atoms with Gasteiger partial charge in [0.15, 0.2) is 0 Å². The molecule has 47 heavy (non-hydrogen) atoms. The van der Waals surface area contributed by atoms with Gasteiger partial charge in [-0.05, 0) is 88.3 Å². The molecule has 252 valence electrons. The van der Waals surface area contributed by atoms with E-state index in [1.807, 2.05) is 39.0 Å². The van der Waals surface area contributed by atoms with Crippen molar-refractivity contribution in [2.24, 2.45) is 0 Å². The summed E-state index contributed by atoms with van der Waals surface area (Å²) in [5, 5.41) is 8.05. The average molecular weight is 652 g/mol. The molecule has 2 aromatic carbocycles. The lowest BCUT2D eigenvalue weighted by molar-refractivity contribution is -0.136. The molecule has 4 rings (SSSR count). The van der Waals surface area contributed by atoms with Crippen molar-refractivity contribution in [2.75, 3.05) is 32.1 Å². The number of carbonyl (C=O) groups is 5. The maximum atomic E-state index is 13.7. The first-order valence-corrected chi connectivity index (χ1v) is 15.6. The molecule has 0 radical (unpaired) electrons. The minimum Gasteiger partial charge on any atom is -0.466 e. The Kier molecular flexibility index (Phi) is 11.2. The van der Waals surface area contributed by atoms with Crippen molar-refractivity contribution < 1.29 is 37.8 Å². The van der Waals surface area contributed by atoms with Crippen LogP contribution in [0, 0.1) is 5.82 Å². The second-order valence-corrected chi connectivity index (χ2v) is 12.5. The van der Waals surface area contributed by atoms with Gasteiger partial charge in [-0.3, -0.25) is 4.79 Å². The Morgan fingerprint density at radius 3 is 2.34 bits per heavy atom. The predicted molar refractivity (Wildman–Crippen MR) is 172 cm³/mol. The van der Waals surface area contributed by atoms with Crippen LogP contribution in [0.1, 0.15) is 76.5 Å². The van der Waals surface area contributed by atoms with Crippen LogP contribution < -0.4 is 16.0 Å². The number of esters is 1. The van der Waals surface area contributed by atoms with Crippen molar-refractivity contribution in [3.63, 3.8) is 0 Å². The topological polar surface area (TPSA) is 146 Å². The van der Waals surface area contributed by atoms with E-state index in [0.29, 0.717) is 24.3 Å². The standard InChI is InChI=1S/C34H42FN5O7/c1-21-28(30(42)46-5)29(23-11-13-25(35)14-12-23)40(32(44)37-21)31(43)36-17-7-10-27(41)38-26-9-6-8-24(20-26)22-15-18-39(19-16-22)33(45)47-34(2,3)4/h6,8-9,11-14,20,22,29H,7,10,15-19H2,1-5H3,(H,36,43)(H,37,44)(H,38,41). The monoisotopic (exact) mass is 651 g/mol. The van der Waals surface area contributed by atoms with Crippen LogP contribution in [0.15, 0.2) is 59.8 Å². The van der Waals surface area contributed by atoms with Crippen LogP contribution >= 0.6 is 0 Å². The number of nitrogens with zero attached hydrogens (tertiary/aromatic N) is 2. The lowest BCUT2D eigenvalue weighted by Gasteiger charge is -2.36. The largest absolute Gasteiger partial charge is 0.466 e. The molecule has 0 aliphatic carbocycles. The highest BCUT2D eigenvalue weighted by atomic mass is 19.1. The zero-order chi connectivity index (χ0) is 34.3. The van der Waals surface area contributed by atoms with Gasteiger partial charge in [-0.2, -0.15) is 0 Å². The Labute approximate surface area is 273 Å². The highest BCUT2D eigenvalue weighted by Crippen LogP contribution is 2.35. The number of allylic oxidation sites excluding steroid dienone is 1. The van der Waals surface area contributed by atoms with Crippen LogP contribution in [-0.4, -0.2) is 72.2 Å². The predicted octanol–water partition coefficient (Wildman–Crippen LogP) is 5.58. The molecule has 2 aliphatic rings. The highest BCUT2D eigenvalue weighted by Gasteiger charge is 2.41. The van der Waals surface area contributed by atoms with Crippen molar-refractivity contribution in [3.8, 4) is 0 Å². The summed E-state index contributed by atoms with van der Waals surface area (Å²) in [6.45, 7) is 8.29. The summed E-state index contributed by atoms with van der Waals surface area (Å²) in [6.07, 6.45) is 1.63. The van der Waals surface area contributed by atoms with Crippen LogP contribution in [0.2, 0.25) is 0 Å². The summed E-state index contributed by atoms with van der Waals surface area (Å²) in [6, 6.07) is 10.0. The maximum absolute atomic E-state index is 13.7. The molecule has 1 atom stereocenters. The first-order chi connectivity index (χ1) is 22.3. The van der Waals surface area contributed by atoms with E-state index in [9.17, 15) is 28.4 Å². The average Bonchev–Trinajstić information content (AvgIpc) is 3.02. The van der Waals surface area contributed by atoms with Crippen LogP contribution in [0.4, 0.5) is 24.5 Å². The molecule has 3 N–H and O–H groups in total. The minimum atomic E-state index is -1.16. The van der Waals surface area contributed by atoms with Gasteiger partial charge in [0.1, 0.15) is 17.5 Å². The van der Waals surface area contributed by atoms with E-state index in [0.717, 1.165) is 23.3 Å². The minimum absolute atomic E-state index is 0.0315. The molecule has 1 fully saturated rings. The van der Waals surface area contributed by atoms with Crippen LogP contribution in [0.5, 0.6) is 0 Å². The molecule has 2 aromatic rings. The fourth-order valence-electron chi connectivity index (χ4n) is 5.63. The zero-order valence-electron chi connectivity index (χ0n) is 27.4. The molecular weight excluding hydrogens is 609 g/mol. The third-order valence-electron chi connectivity index (χ3n) is 7.90. The summed E-state index contributed by atoms with van der Waals surface area (Å²) >= 11 is 0. The van der Waals surface area contributed by atoms with Gasteiger partial charge in [0, 0.05) is 37.4 Å². The Balaban J connectivity index is 1.30. The number of likely N-dealkylation sites (tertiary alicyclic amines) is 1. The van der Waals surface area contributed by atoms with Crippen molar-refractivity contribution in [1.82, 2.24) is 20.4 Å².